The average Bonchev–Trinajstić information content (AvgIpc) is 3.03. The summed E-state index contributed by atoms with van der Waals surface area (Å²) >= 11 is 0. The van der Waals surface area contributed by atoms with Crippen molar-refractivity contribution in [1.82, 2.24) is 25.0 Å². The van der Waals surface area contributed by atoms with E-state index >= 15 is 0 Å². The Kier molecular flexibility index (Phi) is 4.82. The molecule has 0 spiro atoms. The van der Waals surface area contributed by atoms with E-state index in [1.54, 1.807) is 20.7 Å². The number of anilines is 1. The molecule has 0 radical (unpaired) electrons. The molecule has 25 heavy (non-hydrogen) atoms. The molecular weight excluding hydrogens is 330 g/mol. The maximum atomic E-state index is 13.9. The standard InChI is InChI=1S/C16H20F2N6O/c1-11(15-21-19-10-22(15)2)20-16(25)24-7-5-23(6-8-24)14-9-12(17)3-4-13(14)18/h3-4,9-11H,5-8H2,1-2H3,(H,20,25). The maximum Gasteiger partial charge on any atom is 0.318 e. The van der Waals surface area contributed by atoms with E-state index < -0.39 is 11.6 Å². The van der Waals surface area contributed by atoms with Crippen LogP contribution in [0.4, 0.5) is 19.3 Å². The lowest BCUT2D eigenvalue weighted by Crippen LogP contribution is -2.52. The largest absolute Gasteiger partial charge is 0.366 e. The molecule has 0 bridgehead atoms. The van der Waals surface area contributed by atoms with Crippen molar-refractivity contribution in [1.29, 1.82) is 0 Å². The zero-order chi connectivity index (χ0) is 18.0. The minimum Gasteiger partial charge on any atom is -0.366 e. The number of halogens is 2. The number of carbonyl (C=O) groups excluding carboxylic acids is 1. The quantitative estimate of drug-likeness (QED) is 0.915. The van der Waals surface area contributed by atoms with Crippen LogP contribution in [0.5, 0.6) is 0 Å². The summed E-state index contributed by atoms with van der Waals surface area (Å²) < 4.78 is 28.9. The van der Waals surface area contributed by atoms with Gasteiger partial charge in [0.05, 0.1) is 11.7 Å². The SMILES string of the molecule is CC(NC(=O)N1CCN(c2cc(F)ccc2F)CC1)c1nncn1C. The summed E-state index contributed by atoms with van der Waals surface area (Å²) in [6.45, 7) is 3.55. The summed E-state index contributed by atoms with van der Waals surface area (Å²) in [7, 11) is 1.81. The molecule has 7 nitrogen and oxygen atoms in total. The number of rotatable bonds is 3. The molecule has 1 N–H and O–H groups in total. The lowest BCUT2D eigenvalue weighted by atomic mass is 10.2. The van der Waals surface area contributed by atoms with Crippen LogP contribution in [-0.2, 0) is 7.05 Å². The Bertz CT molecular complexity index is 757. The number of hydrogen-bond donors (Lipinski definition) is 1. The van der Waals surface area contributed by atoms with Crippen molar-refractivity contribution >= 4 is 11.7 Å². The molecule has 1 unspecified atom stereocenters. The van der Waals surface area contributed by atoms with Crippen LogP contribution in [0.1, 0.15) is 18.8 Å². The molecule has 2 aromatic rings. The van der Waals surface area contributed by atoms with Crippen molar-refractivity contribution in [3.05, 3.63) is 42.0 Å². The van der Waals surface area contributed by atoms with E-state index in [-0.39, 0.29) is 17.8 Å². The third kappa shape index (κ3) is 3.70. The van der Waals surface area contributed by atoms with Gasteiger partial charge in [-0.2, -0.15) is 0 Å². The number of carbonyl (C=O) groups is 1. The van der Waals surface area contributed by atoms with Gasteiger partial charge in [0.15, 0.2) is 5.82 Å². The van der Waals surface area contributed by atoms with Crippen LogP contribution in [0.25, 0.3) is 0 Å². The van der Waals surface area contributed by atoms with Gasteiger partial charge in [-0.1, -0.05) is 0 Å². The van der Waals surface area contributed by atoms with Gasteiger partial charge in [0, 0.05) is 39.3 Å². The van der Waals surface area contributed by atoms with E-state index in [9.17, 15) is 13.6 Å². The first-order valence-electron chi connectivity index (χ1n) is 8.05. The highest BCUT2D eigenvalue weighted by Crippen LogP contribution is 2.22. The molecule has 1 atom stereocenters. The number of nitrogens with zero attached hydrogens (tertiary/aromatic N) is 5. The highest BCUT2D eigenvalue weighted by Gasteiger charge is 2.25. The van der Waals surface area contributed by atoms with E-state index in [2.05, 4.69) is 15.5 Å². The van der Waals surface area contributed by atoms with Crippen LogP contribution >= 0.6 is 0 Å². The number of benzene rings is 1. The second-order valence-corrected chi connectivity index (χ2v) is 6.04. The number of nitrogens with one attached hydrogen (secondary N) is 1. The van der Waals surface area contributed by atoms with E-state index in [0.29, 0.717) is 32.0 Å². The first kappa shape index (κ1) is 17.1. The second kappa shape index (κ2) is 7.04. The number of hydrogen-bond acceptors (Lipinski definition) is 4. The predicted molar refractivity (Wildman–Crippen MR) is 88.1 cm³/mol. The molecule has 0 aliphatic carbocycles. The Labute approximate surface area is 144 Å². The van der Waals surface area contributed by atoms with Gasteiger partial charge in [-0.05, 0) is 19.1 Å². The summed E-state index contributed by atoms with van der Waals surface area (Å²) in [5, 5.41) is 10.7. The summed E-state index contributed by atoms with van der Waals surface area (Å²) in [6, 6.07) is 2.90. The van der Waals surface area contributed by atoms with Gasteiger partial charge in [-0.3, -0.25) is 0 Å². The number of amides is 2. The molecule has 1 saturated heterocycles. The van der Waals surface area contributed by atoms with Crippen LogP contribution in [-0.4, -0.2) is 51.9 Å². The third-order valence-corrected chi connectivity index (χ3v) is 4.29. The van der Waals surface area contributed by atoms with Crippen LogP contribution in [0, 0.1) is 11.6 Å². The first-order valence-corrected chi connectivity index (χ1v) is 8.05. The van der Waals surface area contributed by atoms with Crippen LogP contribution < -0.4 is 10.2 Å². The van der Waals surface area contributed by atoms with Crippen molar-refractivity contribution in [2.75, 3.05) is 31.1 Å². The lowest BCUT2D eigenvalue weighted by Gasteiger charge is -2.36. The highest BCUT2D eigenvalue weighted by molar-refractivity contribution is 5.75. The van der Waals surface area contributed by atoms with Crippen molar-refractivity contribution in [2.24, 2.45) is 7.05 Å². The Morgan fingerprint density at radius 1 is 1.24 bits per heavy atom. The lowest BCUT2D eigenvalue weighted by molar-refractivity contribution is 0.190. The van der Waals surface area contributed by atoms with E-state index in [4.69, 9.17) is 0 Å². The molecular formula is C16H20F2N6O. The topological polar surface area (TPSA) is 66.3 Å². The van der Waals surface area contributed by atoms with E-state index in [1.807, 2.05) is 14.0 Å². The zero-order valence-electron chi connectivity index (χ0n) is 14.1. The van der Waals surface area contributed by atoms with Gasteiger partial charge in [0.2, 0.25) is 0 Å². The molecule has 1 aromatic carbocycles. The average molecular weight is 350 g/mol. The van der Waals surface area contributed by atoms with Gasteiger partial charge < -0.3 is 19.7 Å². The molecule has 3 rings (SSSR count). The molecule has 1 aromatic heterocycles. The Balaban J connectivity index is 1.57. The summed E-state index contributed by atoms with van der Waals surface area (Å²) in [4.78, 5) is 15.8. The van der Waals surface area contributed by atoms with Gasteiger partial charge >= 0.3 is 6.03 Å². The maximum absolute atomic E-state index is 13.9. The van der Waals surface area contributed by atoms with Crippen molar-refractivity contribution in [2.45, 2.75) is 13.0 Å². The molecule has 1 aliphatic heterocycles. The molecule has 0 saturated carbocycles. The van der Waals surface area contributed by atoms with E-state index in [0.717, 1.165) is 12.1 Å². The Hall–Kier alpha value is -2.71. The van der Waals surface area contributed by atoms with Crippen LogP contribution in [0.15, 0.2) is 24.5 Å². The summed E-state index contributed by atoms with van der Waals surface area (Å²) in [6.07, 6.45) is 1.57. The van der Waals surface area contributed by atoms with E-state index in [1.165, 1.54) is 6.07 Å². The smallest absolute Gasteiger partial charge is 0.318 e. The molecule has 134 valence electrons. The van der Waals surface area contributed by atoms with Gasteiger partial charge in [0.25, 0.3) is 0 Å². The van der Waals surface area contributed by atoms with Crippen molar-refractivity contribution in [3.8, 4) is 0 Å². The number of piperazine rings is 1. The van der Waals surface area contributed by atoms with Gasteiger partial charge in [-0.25, -0.2) is 13.6 Å². The van der Waals surface area contributed by atoms with Crippen LogP contribution in [0.2, 0.25) is 0 Å². The normalized spacial score (nSPS) is 16.0. The molecule has 2 amide bonds. The predicted octanol–water partition coefficient (Wildman–Crippen LogP) is 1.69. The van der Waals surface area contributed by atoms with Crippen molar-refractivity contribution in [3.63, 3.8) is 0 Å². The fourth-order valence-corrected chi connectivity index (χ4v) is 2.90. The number of aromatic nitrogens is 3. The molecule has 2 heterocycles. The van der Waals surface area contributed by atoms with Crippen molar-refractivity contribution < 1.29 is 13.6 Å². The molecule has 1 aliphatic rings. The Morgan fingerprint density at radius 2 is 1.96 bits per heavy atom. The fourth-order valence-electron chi connectivity index (χ4n) is 2.90. The van der Waals surface area contributed by atoms with Gasteiger partial charge in [-0.15, -0.1) is 10.2 Å². The second-order valence-electron chi connectivity index (χ2n) is 6.04. The highest BCUT2D eigenvalue weighted by atomic mass is 19.1. The summed E-state index contributed by atoms with van der Waals surface area (Å²) in [5.74, 6) is -0.280. The van der Waals surface area contributed by atoms with Crippen LogP contribution in [0.3, 0.4) is 0 Å². The minimum atomic E-state index is -0.478. The monoisotopic (exact) mass is 350 g/mol. The molecule has 1 fully saturated rings. The number of urea groups is 1. The minimum absolute atomic E-state index is 0.213. The number of aryl methyl sites for hydroxylation is 1. The Morgan fingerprint density at radius 3 is 2.60 bits per heavy atom. The first-order chi connectivity index (χ1) is 12.0. The zero-order valence-corrected chi connectivity index (χ0v) is 14.1. The molecule has 9 heteroatoms. The fraction of sp³-hybridized carbons (Fsp3) is 0.438. The summed E-state index contributed by atoms with van der Waals surface area (Å²) in [5.41, 5.74) is 0.229. The van der Waals surface area contributed by atoms with Gasteiger partial charge in [0.1, 0.15) is 18.0 Å². The third-order valence-electron chi connectivity index (χ3n) is 4.29.